The van der Waals surface area contributed by atoms with Crippen LogP contribution in [0.1, 0.15) is 57.3 Å². The Bertz CT molecular complexity index is 760. The minimum Gasteiger partial charge on any atom is -0.342 e. The van der Waals surface area contributed by atoms with Crippen LogP contribution in [0, 0.1) is 10.7 Å². The minimum absolute atomic E-state index is 0.0808. The van der Waals surface area contributed by atoms with Crippen LogP contribution in [0.3, 0.4) is 0 Å². The van der Waals surface area contributed by atoms with E-state index < -0.39 is 0 Å². The average Bonchev–Trinajstić information content (AvgIpc) is 3.08. The normalized spacial score (nSPS) is 21.5. The van der Waals surface area contributed by atoms with E-state index in [1.165, 1.54) is 6.08 Å². The molecule has 1 unspecified atom stereocenters. The summed E-state index contributed by atoms with van der Waals surface area (Å²) in [7, 11) is 0. The summed E-state index contributed by atoms with van der Waals surface area (Å²) in [4.78, 5) is 28.5. The largest absolute Gasteiger partial charge is 0.342 e. The molecule has 27 heavy (non-hydrogen) atoms. The van der Waals surface area contributed by atoms with E-state index in [1.54, 1.807) is 4.90 Å². The number of aromatic amines is 1. The van der Waals surface area contributed by atoms with Crippen molar-refractivity contribution in [2.75, 3.05) is 26.2 Å². The Morgan fingerprint density at radius 2 is 1.93 bits per heavy atom. The zero-order chi connectivity index (χ0) is 19.6. The number of nitrogens with zero attached hydrogens (tertiary/aromatic N) is 4. The van der Waals surface area contributed by atoms with Gasteiger partial charge in [0.2, 0.25) is 11.8 Å². The van der Waals surface area contributed by atoms with Gasteiger partial charge in [-0.2, -0.15) is 5.10 Å². The molecule has 0 radical (unpaired) electrons. The molecule has 0 bridgehead atoms. The van der Waals surface area contributed by atoms with E-state index in [9.17, 15) is 9.59 Å². The number of aromatic nitrogens is 3. The first-order valence-corrected chi connectivity index (χ1v) is 10.2. The zero-order valence-electron chi connectivity index (χ0n) is 16.2. The Morgan fingerprint density at radius 3 is 2.56 bits per heavy atom. The minimum atomic E-state index is -0.0931. The fraction of sp³-hybridized carbons (Fsp3) is 0.684. The second-order valence-corrected chi connectivity index (χ2v) is 8.16. The van der Waals surface area contributed by atoms with Crippen molar-refractivity contribution in [3.8, 4) is 0 Å². The van der Waals surface area contributed by atoms with Crippen molar-refractivity contribution in [1.29, 1.82) is 0 Å². The zero-order valence-corrected chi connectivity index (χ0v) is 17.0. The number of rotatable bonds is 4. The number of carbonyl (C=O) groups excluding carboxylic acids is 2. The van der Waals surface area contributed by atoms with E-state index >= 15 is 0 Å². The van der Waals surface area contributed by atoms with Crippen molar-refractivity contribution in [3.63, 3.8) is 0 Å². The maximum atomic E-state index is 13.0. The van der Waals surface area contributed by atoms with Gasteiger partial charge in [-0.25, -0.2) is 0 Å². The molecule has 1 atom stereocenters. The van der Waals surface area contributed by atoms with Crippen molar-refractivity contribution in [1.82, 2.24) is 24.6 Å². The summed E-state index contributed by atoms with van der Waals surface area (Å²) in [5.41, 5.74) is 0. The number of piperidine rings is 2. The van der Waals surface area contributed by atoms with Gasteiger partial charge in [0, 0.05) is 38.1 Å². The number of hydrogen-bond acceptors (Lipinski definition) is 4. The van der Waals surface area contributed by atoms with E-state index in [4.69, 9.17) is 12.2 Å². The van der Waals surface area contributed by atoms with E-state index in [0.717, 1.165) is 44.6 Å². The SMILES string of the molecule is C=CC(=O)N1CCCC(C(=O)N2CCC(c3n[nH]c(=S)n3C(C)C)CC2)C1. The standard InChI is InChI=1S/C19H29N5O2S/c1-4-16(25)23-9-5-6-15(12-23)18(26)22-10-7-14(8-11-22)17-20-21-19(27)24(17)13(2)3/h4,13-15H,1,5-12H2,2-3H3,(H,21,27). The first kappa shape index (κ1) is 19.8. The quantitative estimate of drug-likeness (QED) is 0.632. The molecule has 2 aliphatic rings. The monoisotopic (exact) mass is 391 g/mol. The first-order chi connectivity index (χ1) is 12.9. The van der Waals surface area contributed by atoms with Crippen molar-refractivity contribution in [3.05, 3.63) is 23.3 Å². The molecular formula is C19H29N5O2S. The van der Waals surface area contributed by atoms with Crippen LogP contribution in [-0.4, -0.2) is 62.6 Å². The van der Waals surface area contributed by atoms with E-state index in [1.807, 2.05) is 4.90 Å². The maximum absolute atomic E-state index is 13.0. The molecule has 148 valence electrons. The molecule has 3 rings (SSSR count). The van der Waals surface area contributed by atoms with Crippen LogP contribution in [0.4, 0.5) is 0 Å². The van der Waals surface area contributed by atoms with Crippen molar-refractivity contribution in [2.24, 2.45) is 5.92 Å². The fourth-order valence-corrected chi connectivity index (χ4v) is 4.58. The molecule has 0 aromatic carbocycles. The highest BCUT2D eigenvalue weighted by molar-refractivity contribution is 7.71. The first-order valence-electron chi connectivity index (χ1n) is 9.79. The lowest BCUT2D eigenvalue weighted by Gasteiger charge is -2.37. The number of nitrogens with one attached hydrogen (secondary N) is 1. The summed E-state index contributed by atoms with van der Waals surface area (Å²) in [5, 5.41) is 7.36. The van der Waals surface area contributed by atoms with Gasteiger partial charge in [-0.1, -0.05) is 6.58 Å². The molecule has 0 saturated carbocycles. The number of hydrogen-bond donors (Lipinski definition) is 1. The molecule has 1 aromatic heterocycles. The predicted molar refractivity (Wildman–Crippen MR) is 106 cm³/mol. The van der Waals surface area contributed by atoms with Gasteiger partial charge in [0.1, 0.15) is 5.82 Å². The lowest BCUT2D eigenvalue weighted by molar-refractivity contribution is -0.140. The highest BCUT2D eigenvalue weighted by atomic mass is 32.1. The molecule has 1 N–H and O–H groups in total. The van der Waals surface area contributed by atoms with Gasteiger partial charge in [0.15, 0.2) is 4.77 Å². The third-order valence-corrected chi connectivity index (χ3v) is 5.96. The van der Waals surface area contributed by atoms with Crippen LogP contribution in [0.15, 0.2) is 12.7 Å². The maximum Gasteiger partial charge on any atom is 0.245 e. The molecule has 0 aliphatic carbocycles. The molecule has 1 aromatic rings. The highest BCUT2D eigenvalue weighted by Crippen LogP contribution is 2.30. The highest BCUT2D eigenvalue weighted by Gasteiger charge is 2.33. The molecule has 2 aliphatic heterocycles. The number of amides is 2. The van der Waals surface area contributed by atoms with Crippen LogP contribution in [0.5, 0.6) is 0 Å². The lowest BCUT2D eigenvalue weighted by Crippen LogP contribution is -2.48. The molecule has 7 nitrogen and oxygen atoms in total. The number of carbonyl (C=O) groups is 2. The summed E-state index contributed by atoms with van der Waals surface area (Å²) in [5.74, 6) is 1.32. The van der Waals surface area contributed by atoms with E-state index in [2.05, 4.69) is 35.2 Å². The van der Waals surface area contributed by atoms with Gasteiger partial charge < -0.3 is 14.4 Å². The Morgan fingerprint density at radius 1 is 1.22 bits per heavy atom. The second-order valence-electron chi connectivity index (χ2n) is 7.78. The summed E-state index contributed by atoms with van der Waals surface area (Å²) in [6.45, 7) is 10.4. The topological polar surface area (TPSA) is 74.2 Å². The third kappa shape index (κ3) is 4.15. The molecule has 2 saturated heterocycles. The Hall–Kier alpha value is -1.96. The Kier molecular flexibility index (Phi) is 6.14. The molecule has 2 fully saturated rings. The average molecular weight is 392 g/mol. The Labute approximate surface area is 165 Å². The van der Waals surface area contributed by atoms with E-state index in [-0.39, 0.29) is 23.8 Å². The summed E-state index contributed by atoms with van der Waals surface area (Å²) in [6, 6.07) is 0.265. The van der Waals surface area contributed by atoms with Crippen molar-refractivity contribution in [2.45, 2.75) is 51.5 Å². The van der Waals surface area contributed by atoms with Crippen molar-refractivity contribution < 1.29 is 9.59 Å². The van der Waals surface area contributed by atoms with Crippen molar-refractivity contribution >= 4 is 24.0 Å². The van der Waals surface area contributed by atoms with Gasteiger partial charge in [0.25, 0.3) is 0 Å². The van der Waals surface area contributed by atoms with Gasteiger partial charge in [-0.05, 0) is 57.8 Å². The molecular weight excluding hydrogens is 362 g/mol. The second kappa shape index (κ2) is 8.37. The molecule has 0 spiro atoms. The summed E-state index contributed by atoms with van der Waals surface area (Å²) >= 11 is 5.35. The lowest BCUT2D eigenvalue weighted by atomic mass is 9.92. The van der Waals surface area contributed by atoms with Crippen LogP contribution in [0.2, 0.25) is 0 Å². The summed E-state index contributed by atoms with van der Waals surface area (Å²) < 4.78 is 2.74. The molecule has 3 heterocycles. The number of likely N-dealkylation sites (tertiary alicyclic amines) is 2. The van der Waals surface area contributed by atoms with Gasteiger partial charge >= 0.3 is 0 Å². The van der Waals surface area contributed by atoms with E-state index in [0.29, 0.717) is 23.8 Å². The molecule has 2 amide bonds. The smallest absolute Gasteiger partial charge is 0.245 e. The summed E-state index contributed by atoms with van der Waals surface area (Å²) in [6.07, 6.45) is 4.83. The number of H-pyrrole nitrogens is 1. The third-order valence-electron chi connectivity index (χ3n) is 5.68. The fourth-order valence-electron chi connectivity index (χ4n) is 4.23. The Balaban J connectivity index is 1.61. The van der Waals surface area contributed by atoms with Gasteiger partial charge in [-0.15, -0.1) is 0 Å². The van der Waals surface area contributed by atoms with Crippen LogP contribution in [-0.2, 0) is 9.59 Å². The van der Waals surface area contributed by atoms with Crippen LogP contribution in [0.25, 0.3) is 0 Å². The van der Waals surface area contributed by atoms with Gasteiger partial charge in [-0.3, -0.25) is 14.7 Å². The van der Waals surface area contributed by atoms with Crippen LogP contribution < -0.4 is 0 Å². The van der Waals surface area contributed by atoms with Crippen LogP contribution >= 0.6 is 12.2 Å². The van der Waals surface area contributed by atoms with Gasteiger partial charge in [0.05, 0.1) is 5.92 Å². The molecule has 8 heteroatoms. The predicted octanol–water partition coefficient (Wildman–Crippen LogP) is 2.65.